The molecular weight excluding hydrogens is 458 g/mol. The zero-order chi connectivity index (χ0) is 23.5. The van der Waals surface area contributed by atoms with E-state index in [2.05, 4.69) is 28.5 Å². The Morgan fingerprint density at radius 2 is 2.12 bits per heavy atom. The third-order valence-corrected chi connectivity index (χ3v) is 7.88. The minimum atomic E-state index is -0.168. The molecule has 1 N–H and O–H groups in total. The third kappa shape index (κ3) is 4.70. The first-order chi connectivity index (χ1) is 15.9. The van der Waals surface area contributed by atoms with Gasteiger partial charge in [-0.2, -0.15) is 5.26 Å². The maximum Gasteiger partial charge on any atom is 0.235 e. The maximum absolute atomic E-state index is 12.7. The molecule has 33 heavy (non-hydrogen) atoms. The number of methoxy groups -OCH3 is 2. The Morgan fingerprint density at radius 3 is 2.85 bits per heavy atom. The molecule has 0 spiro atoms. The lowest BCUT2D eigenvalue weighted by molar-refractivity contribution is -0.113. The molecule has 3 aromatic rings. The molecule has 8 nitrogen and oxygen atoms in total. The van der Waals surface area contributed by atoms with E-state index in [1.165, 1.54) is 28.0 Å². The number of carbonyl (C=O) groups excluding carboxylic acids is 1. The van der Waals surface area contributed by atoms with Crippen LogP contribution in [0.15, 0.2) is 23.4 Å². The number of carbonyl (C=O) groups is 1. The fourth-order valence-corrected chi connectivity index (χ4v) is 6.01. The highest BCUT2D eigenvalue weighted by atomic mass is 32.2. The molecule has 1 aliphatic carbocycles. The number of rotatable bonds is 7. The number of nitrogens with zero attached hydrogens (tertiary/aromatic N) is 4. The zero-order valence-corrected chi connectivity index (χ0v) is 20.6. The summed E-state index contributed by atoms with van der Waals surface area (Å²) in [4.78, 5) is 13.9. The van der Waals surface area contributed by atoms with Gasteiger partial charge >= 0.3 is 0 Å². The van der Waals surface area contributed by atoms with Gasteiger partial charge in [-0.05, 0) is 48.9 Å². The molecule has 0 aliphatic heterocycles. The van der Waals surface area contributed by atoms with Gasteiger partial charge in [-0.3, -0.25) is 4.79 Å². The van der Waals surface area contributed by atoms with Crippen molar-refractivity contribution in [2.24, 2.45) is 13.0 Å². The van der Waals surface area contributed by atoms with Crippen LogP contribution in [-0.4, -0.2) is 40.6 Å². The fraction of sp³-hybridized carbons (Fsp3) is 0.391. The summed E-state index contributed by atoms with van der Waals surface area (Å²) in [7, 11) is 5.03. The number of thioether (sulfide) groups is 1. The van der Waals surface area contributed by atoms with Gasteiger partial charge in [-0.1, -0.05) is 18.7 Å². The summed E-state index contributed by atoms with van der Waals surface area (Å²) in [6, 6.07) is 7.83. The molecule has 1 atom stereocenters. The van der Waals surface area contributed by atoms with Crippen molar-refractivity contribution in [2.75, 3.05) is 25.3 Å². The van der Waals surface area contributed by atoms with Gasteiger partial charge in [0, 0.05) is 17.5 Å². The summed E-state index contributed by atoms with van der Waals surface area (Å²) in [6.45, 7) is 2.22. The quantitative estimate of drug-likeness (QED) is 0.500. The van der Waals surface area contributed by atoms with Crippen LogP contribution in [0.2, 0.25) is 0 Å². The number of nitrogens with one attached hydrogen (secondary N) is 1. The molecule has 172 valence electrons. The van der Waals surface area contributed by atoms with Crippen molar-refractivity contribution in [1.82, 2.24) is 14.8 Å². The van der Waals surface area contributed by atoms with Gasteiger partial charge in [-0.25, -0.2) is 0 Å². The number of ether oxygens (including phenoxy) is 2. The van der Waals surface area contributed by atoms with Gasteiger partial charge < -0.3 is 19.4 Å². The second-order valence-electron chi connectivity index (χ2n) is 7.94. The van der Waals surface area contributed by atoms with E-state index in [4.69, 9.17) is 9.47 Å². The lowest BCUT2D eigenvalue weighted by Gasteiger charge is -2.17. The summed E-state index contributed by atoms with van der Waals surface area (Å²) >= 11 is 2.83. The fourth-order valence-electron chi connectivity index (χ4n) is 3.92. The van der Waals surface area contributed by atoms with E-state index >= 15 is 0 Å². The van der Waals surface area contributed by atoms with Crippen LogP contribution in [0, 0.1) is 17.2 Å². The van der Waals surface area contributed by atoms with Crippen LogP contribution in [0.3, 0.4) is 0 Å². The Kier molecular flexibility index (Phi) is 6.91. The smallest absolute Gasteiger partial charge is 0.235 e. The van der Waals surface area contributed by atoms with E-state index in [0.717, 1.165) is 30.4 Å². The van der Waals surface area contributed by atoms with Crippen LogP contribution in [0.1, 0.15) is 29.3 Å². The van der Waals surface area contributed by atoms with Crippen LogP contribution in [0.4, 0.5) is 5.00 Å². The highest BCUT2D eigenvalue weighted by molar-refractivity contribution is 7.99. The monoisotopic (exact) mass is 483 g/mol. The summed E-state index contributed by atoms with van der Waals surface area (Å²) in [5, 5.41) is 22.4. The van der Waals surface area contributed by atoms with Gasteiger partial charge in [0.1, 0.15) is 11.1 Å². The predicted molar refractivity (Wildman–Crippen MR) is 129 cm³/mol. The van der Waals surface area contributed by atoms with E-state index in [1.54, 1.807) is 14.2 Å². The van der Waals surface area contributed by atoms with Crippen molar-refractivity contribution in [3.8, 4) is 29.0 Å². The molecule has 2 heterocycles. The minimum absolute atomic E-state index is 0.168. The Morgan fingerprint density at radius 1 is 1.33 bits per heavy atom. The van der Waals surface area contributed by atoms with Gasteiger partial charge in [0.05, 0.1) is 25.5 Å². The van der Waals surface area contributed by atoms with Gasteiger partial charge in [0.2, 0.25) is 5.91 Å². The van der Waals surface area contributed by atoms with Crippen LogP contribution >= 0.6 is 23.1 Å². The van der Waals surface area contributed by atoms with Gasteiger partial charge in [0.25, 0.3) is 0 Å². The Bertz CT molecular complexity index is 1230. The molecule has 0 saturated carbocycles. The Hall–Kier alpha value is -3.03. The molecule has 0 radical (unpaired) electrons. The first kappa shape index (κ1) is 23.1. The standard InChI is InChI=1S/C23H25N5O3S2/c1-13-5-7-15-16(11-24)22(33-19(15)9-13)25-20(29)12-32-23-27-26-21(28(23)2)14-6-8-17(30-3)18(10-14)31-4/h6,8,10,13H,5,7,9,12H2,1-4H3,(H,25,29). The molecule has 0 fully saturated rings. The number of amides is 1. The number of fused-ring (bicyclic) bond motifs is 1. The van der Waals surface area contributed by atoms with Crippen LogP contribution in [-0.2, 0) is 24.7 Å². The first-order valence-electron chi connectivity index (χ1n) is 10.5. The normalized spacial score (nSPS) is 14.9. The molecule has 4 rings (SSSR count). The van der Waals surface area contributed by atoms with E-state index in [1.807, 2.05) is 29.8 Å². The van der Waals surface area contributed by atoms with Crippen molar-refractivity contribution < 1.29 is 14.3 Å². The minimum Gasteiger partial charge on any atom is -0.493 e. The van der Waals surface area contributed by atoms with Crippen molar-refractivity contribution >= 4 is 34.0 Å². The van der Waals surface area contributed by atoms with Crippen molar-refractivity contribution in [2.45, 2.75) is 31.3 Å². The number of benzene rings is 1. The first-order valence-corrected chi connectivity index (χ1v) is 12.3. The molecule has 0 bridgehead atoms. The van der Waals surface area contributed by atoms with Gasteiger partial charge in [0.15, 0.2) is 22.5 Å². The highest BCUT2D eigenvalue weighted by Crippen LogP contribution is 2.39. The largest absolute Gasteiger partial charge is 0.493 e. The van der Waals surface area contributed by atoms with E-state index < -0.39 is 0 Å². The third-order valence-electron chi connectivity index (χ3n) is 5.69. The molecule has 2 aromatic heterocycles. The summed E-state index contributed by atoms with van der Waals surface area (Å²) in [5.41, 5.74) is 2.56. The maximum atomic E-state index is 12.7. The highest BCUT2D eigenvalue weighted by Gasteiger charge is 2.25. The number of hydrogen-bond donors (Lipinski definition) is 1. The second kappa shape index (κ2) is 9.85. The van der Waals surface area contributed by atoms with Crippen LogP contribution in [0.25, 0.3) is 11.4 Å². The SMILES string of the molecule is COc1ccc(-c2nnc(SCC(=O)Nc3sc4c(c3C#N)CCC(C)C4)n2C)cc1OC. The van der Waals surface area contributed by atoms with Crippen LogP contribution < -0.4 is 14.8 Å². The molecule has 1 aromatic carbocycles. The van der Waals surface area contributed by atoms with Gasteiger partial charge in [-0.15, -0.1) is 21.5 Å². The zero-order valence-electron chi connectivity index (χ0n) is 19.0. The number of thiophene rings is 1. The number of anilines is 1. The summed E-state index contributed by atoms with van der Waals surface area (Å²) < 4.78 is 12.5. The van der Waals surface area contributed by atoms with Crippen molar-refractivity contribution in [3.05, 3.63) is 34.2 Å². The number of hydrogen-bond acceptors (Lipinski definition) is 8. The number of aromatic nitrogens is 3. The van der Waals surface area contributed by atoms with Crippen LogP contribution in [0.5, 0.6) is 11.5 Å². The lowest BCUT2D eigenvalue weighted by Crippen LogP contribution is -2.14. The van der Waals surface area contributed by atoms with E-state index in [9.17, 15) is 10.1 Å². The summed E-state index contributed by atoms with van der Waals surface area (Å²) in [6.07, 6.45) is 2.95. The molecule has 1 unspecified atom stereocenters. The average Bonchev–Trinajstić information content (AvgIpc) is 3.35. The molecular formula is C23H25N5O3S2. The second-order valence-corrected chi connectivity index (χ2v) is 9.99. The van der Waals surface area contributed by atoms with E-state index in [0.29, 0.717) is 39.0 Å². The molecule has 10 heteroatoms. The lowest BCUT2D eigenvalue weighted by atomic mass is 9.89. The van der Waals surface area contributed by atoms with E-state index in [-0.39, 0.29) is 11.7 Å². The Balaban J connectivity index is 1.44. The number of nitriles is 1. The average molecular weight is 484 g/mol. The molecule has 0 saturated heterocycles. The van der Waals surface area contributed by atoms with Crippen molar-refractivity contribution in [1.29, 1.82) is 5.26 Å². The predicted octanol–water partition coefficient (Wildman–Crippen LogP) is 4.29. The molecule has 1 amide bonds. The van der Waals surface area contributed by atoms with Crippen molar-refractivity contribution in [3.63, 3.8) is 0 Å². The topological polar surface area (TPSA) is 102 Å². The molecule has 1 aliphatic rings. The summed E-state index contributed by atoms with van der Waals surface area (Å²) in [5.74, 6) is 2.51. The Labute approximate surface area is 200 Å².